The Bertz CT molecular complexity index is 844. The summed E-state index contributed by atoms with van der Waals surface area (Å²) < 4.78 is 5.15. The van der Waals surface area contributed by atoms with Crippen LogP contribution in [0.15, 0.2) is 100 Å². The highest BCUT2D eigenvalue weighted by atomic mass is 16.5. The number of benzene rings is 3. The molecule has 3 aromatic rings. The van der Waals surface area contributed by atoms with E-state index >= 15 is 0 Å². The van der Waals surface area contributed by atoms with E-state index in [0.29, 0.717) is 5.84 Å². The summed E-state index contributed by atoms with van der Waals surface area (Å²) in [4.78, 5) is 0. The standard InChI is InChI=1S/C20H18N4O/c1-25-19-14-12-18(13-15-19)22-24-20(16-8-4-2-5-9-16)23-21-17-10-6-3-7-11-17/h2-15,21H,1H3/b23-20+,24-22?. The number of hydrazone groups is 1. The third-order valence-electron chi connectivity index (χ3n) is 3.43. The molecule has 0 saturated heterocycles. The van der Waals surface area contributed by atoms with E-state index in [2.05, 4.69) is 20.8 Å². The molecule has 124 valence electrons. The van der Waals surface area contributed by atoms with Crippen LogP contribution in [0.3, 0.4) is 0 Å². The third-order valence-corrected chi connectivity index (χ3v) is 3.43. The molecule has 0 radical (unpaired) electrons. The monoisotopic (exact) mass is 330 g/mol. The van der Waals surface area contributed by atoms with Gasteiger partial charge in [-0.3, -0.25) is 5.43 Å². The minimum atomic E-state index is 0.500. The molecule has 0 aliphatic carbocycles. The highest BCUT2D eigenvalue weighted by molar-refractivity contribution is 5.99. The van der Waals surface area contributed by atoms with Gasteiger partial charge in [0.15, 0.2) is 0 Å². The molecular formula is C20H18N4O. The number of ether oxygens (including phenoxy) is 1. The van der Waals surface area contributed by atoms with Crippen LogP contribution >= 0.6 is 0 Å². The lowest BCUT2D eigenvalue weighted by Gasteiger charge is -2.03. The quantitative estimate of drug-likeness (QED) is 0.300. The van der Waals surface area contributed by atoms with Gasteiger partial charge in [0.05, 0.1) is 18.5 Å². The van der Waals surface area contributed by atoms with Crippen LogP contribution in [-0.2, 0) is 0 Å². The van der Waals surface area contributed by atoms with Gasteiger partial charge in [-0.2, -0.15) is 5.10 Å². The number of methoxy groups -OCH3 is 1. The van der Waals surface area contributed by atoms with E-state index in [1.54, 1.807) is 7.11 Å². The van der Waals surface area contributed by atoms with Gasteiger partial charge < -0.3 is 4.74 Å². The summed E-state index contributed by atoms with van der Waals surface area (Å²) in [6.07, 6.45) is 0. The predicted molar refractivity (Wildman–Crippen MR) is 101 cm³/mol. The zero-order valence-corrected chi connectivity index (χ0v) is 13.8. The molecule has 0 fully saturated rings. The molecule has 0 atom stereocenters. The van der Waals surface area contributed by atoms with Crippen LogP contribution in [0.5, 0.6) is 5.75 Å². The lowest BCUT2D eigenvalue weighted by Crippen LogP contribution is -2.00. The Morgan fingerprint density at radius 1 is 0.800 bits per heavy atom. The van der Waals surface area contributed by atoms with Gasteiger partial charge in [0, 0.05) is 5.56 Å². The van der Waals surface area contributed by atoms with Gasteiger partial charge in [-0.1, -0.05) is 48.5 Å². The summed E-state index contributed by atoms with van der Waals surface area (Å²) in [5.41, 5.74) is 5.50. The Morgan fingerprint density at radius 2 is 1.44 bits per heavy atom. The summed E-state index contributed by atoms with van der Waals surface area (Å²) >= 11 is 0. The molecule has 0 spiro atoms. The highest BCUT2D eigenvalue weighted by Gasteiger charge is 2.02. The molecule has 25 heavy (non-hydrogen) atoms. The fourth-order valence-electron chi connectivity index (χ4n) is 2.12. The van der Waals surface area contributed by atoms with Gasteiger partial charge in [-0.05, 0) is 36.4 Å². The van der Waals surface area contributed by atoms with Crippen molar-refractivity contribution < 1.29 is 4.74 Å². The Kier molecular flexibility index (Phi) is 5.51. The van der Waals surface area contributed by atoms with E-state index in [9.17, 15) is 0 Å². The topological polar surface area (TPSA) is 58.3 Å². The SMILES string of the molecule is COc1ccc(N=N/C(=N/Nc2ccccc2)c2ccccc2)cc1. The van der Waals surface area contributed by atoms with Gasteiger partial charge in [-0.25, -0.2) is 0 Å². The molecule has 0 heterocycles. The number of anilines is 1. The van der Waals surface area contributed by atoms with Crippen LogP contribution in [0.25, 0.3) is 0 Å². The van der Waals surface area contributed by atoms with E-state index < -0.39 is 0 Å². The van der Waals surface area contributed by atoms with Crippen LogP contribution < -0.4 is 10.2 Å². The van der Waals surface area contributed by atoms with Crippen LogP contribution in [0.2, 0.25) is 0 Å². The van der Waals surface area contributed by atoms with Crippen molar-refractivity contribution in [3.8, 4) is 5.75 Å². The van der Waals surface area contributed by atoms with Crippen molar-refractivity contribution in [3.05, 3.63) is 90.5 Å². The van der Waals surface area contributed by atoms with Crippen molar-refractivity contribution in [2.24, 2.45) is 15.3 Å². The smallest absolute Gasteiger partial charge is 0.201 e. The Balaban J connectivity index is 1.84. The third kappa shape index (κ3) is 4.75. The van der Waals surface area contributed by atoms with Crippen LogP contribution in [0, 0.1) is 0 Å². The first-order valence-corrected chi connectivity index (χ1v) is 7.85. The molecule has 5 nitrogen and oxygen atoms in total. The molecule has 5 heteroatoms. The maximum atomic E-state index is 5.15. The molecule has 0 aliphatic rings. The first-order valence-electron chi connectivity index (χ1n) is 7.85. The Morgan fingerprint density at radius 3 is 2.08 bits per heavy atom. The molecule has 1 N–H and O–H groups in total. The maximum Gasteiger partial charge on any atom is 0.201 e. The van der Waals surface area contributed by atoms with Gasteiger partial charge >= 0.3 is 0 Å². The van der Waals surface area contributed by atoms with E-state index in [-0.39, 0.29) is 0 Å². The Labute approximate surface area is 146 Å². The second-order valence-corrected chi connectivity index (χ2v) is 5.18. The van der Waals surface area contributed by atoms with E-state index in [4.69, 9.17) is 4.74 Å². The minimum absolute atomic E-state index is 0.500. The zero-order chi connectivity index (χ0) is 17.3. The number of para-hydroxylation sites is 1. The molecular weight excluding hydrogens is 312 g/mol. The highest BCUT2D eigenvalue weighted by Crippen LogP contribution is 2.18. The number of rotatable bonds is 5. The average Bonchev–Trinajstić information content (AvgIpc) is 2.70. The van der Waals surface area contributed by atoms with Gasteiger partial charge in [0.1, 0.15) is 5.75 Å². The molecule has 0 amide bonds. The second-order valence-electron chi connectivity index (χ2n) is 5.18. The first kappa shape index (κ1) is 16.4. The van der Waals surface area contributed by atoms with Crippen LogP contribution in [0.1, 0.15) is 5.56 Å². The second kappa shape index (κ2) is 8.40. The summed E-state index contributed by atoms with van der Waals surface area (Å²) in [5.74, 6) is 1.28. The molecule has 0 bridgehead atoms. The summed E-state index contributed by atoms with van der Waals surface area (Å²) in [6, 6.07) is 26.8. The summed E-state index contributed by atoms with van der Waals surface area (Å²) in [5, 5.41) is 13.0. The fraction of sp³-hybridized carbons (Fsp3) is 0.0500. The lowest BCUT2D eigenvalue weighted by atomic mass is 10.2. The maximum absolute atomic E-state index is 5.15. The Hall–Kier alpha value is -3.47. The number of hydrogen-bond donors (Lipinski definition) is 1. The summed E-state index contributed by atoms with van der Waals surface area (Å²) in [6.45, 7) is 0. The fourth-order valence-corrected chi connectivity index (χ4v) is 2.12. The number of nitrogens with zero attached hydrogens (tertiary/aromatic N) is 3. The number of amidine groups is 1. The first-order chi connectivity index (χ1) is 12.3. The van der Waals surface area contributed by atoms with E-state index in [1.807, 2.05) is 84.9 Å². The molecule has 0 saturated carbocycles. The van der Waals surface area contributed by atoms with Crippen molar-refractivity contribution in [2.75, 3.05) is 12.5 Å². The van der Waals surface area contributed by atoms with Crippen molar-refractivity contribution in [3.63, 3.8) is 0 Å². The lowest BCUT2D eigenvalue weighted by molar-refractivity contribution is 0.415. The minimum Gasteiger partial charge on any atom is -0.497 e. The summed E-state index contributed by atoms with van der Waals surface area (Å²) in [7, 11) is 1.63. The number of azo groups is 1. The van der Waals surface area contributed by atoms with Gasteiger partial charge in [-0.15, -0.1) is 10.2 Å². The molecule has 3 rings (SSSR count). The van der Waals surface area contributed by atoms with Gasteiger partial charge in [0.2, 0.25) is 5.84 Å². The number of hydrogen-bond acceptors (Lipinski definition) is 4. The molecule has 0 aromatic heterocycles. The van der Waals surface area contributed by atoms with Crippen molar-refractivity contribution in [1.82, 2.24) is 0 Å². The van der Waals surface area contributed by atoms with E-state index in [1.165, 1.54) is 0 Å². The normalized spacial score (nSPS) is 11.5. The molecule has 0 aliphatic heterocycles. The van der Waals surface area contributed by atoms with E-state index in [0.717, 1.165) is 22.7 Å². The zero-order valence-electron chi connectivity index (χ0n) is 13.8. The van der Waals surface area contributed by atoms with Crippen molar-refractivity contribution >= 4 is 17.2 Å². The predicted octanol–water partition coefficient (Wildman–Crippen LogP) is 5.25. The molecule has 3 aromatic carbocycles. The van der Waals surface area contributed by atoms with Crippen molar-refractivity contribution in [2.45, 2.75) is 0 Å². The largest absolute Gasteiger partial charge is 0.497 e. The van der Waals surface area contributed by atoms with Gasteiger partial charge in [0.25, 0.3) is 0 Å². The molecule has 0 unspecified atom stereocenters. The van der Waals surface area contributed by atoms with Crippen LogP contribution in [-0.4, -0.2) is 12.9 Å². The number of nitrogens with one attached hydrogen (secondary N) is 1. The van der Waals surface area contributed by atoms with Crippen molar-refractivity contribution in [1.29, 1.82) is 0 Å². The van der Waals surface area contributed by atoms with Crippen LogP contribution in [0.4, 0.5) is 11.4 Å². The average molecular weight is 330 g/mol.